The number of carbonyl (C=O) groups is 3. The van der Waals surface area contributed by atoms with Gasteiger partial charge in [-0.3, -0.25) is 14.4 Å². The molecule has 6 heteroatoms. The molecule has 0 rings (SSSR count). The first kappa shape index (κ1) is 58.3. The second kappa shape index (κ2) is 49.9. The lowest BCUT2D eigenvalue weighted by atomic mass is 10.1. The molecule has 0 aliphatic rings. The van der Waals surface area contributed by atoms with E-state index in [1.54, 1.807) is 0 Å². The fourth-order valence-electron chi connectivity index (χ4n) is 5.95. The van der Waals surface area contributed by atoms with E-state index in [0.29, 0.717) is 19.3 Å². The highest BCUT2D eigenvalue weighted by Gasteiger charge is 2.19. The largest absolute Gasteiger partial charge is 0.462 e. The summed E-state index contributed by atoms with van der Waals surface area (Å²) in [6.45, 7) is 6.17. The Hall–Kier alpha value is -4.71. The Morgan fingerprint density at radius 1 is 0.349 bits per heavy atom. The van der Waals surface area contributed by atoms with E-state index >= 15 is 0 Å². The third kappa shape index (κ3) is 48.2. The molecule has 0 aliphatic carbocycles. The Labute approximate surface area is 385 Å². The van der Waals surface area contributed by atoms with Crippen LogP contribution in [0.25, 0.3) is 0 Å². The van der Waals surface area contributed by atoms with E-state index in [0.717, 1.165) is 103 Å². The molecule has 0 saturated carbocycles. The topological polar surface area (TPSA) is 78.9 Å². The fourth-order valence-corrected chi connectivity index (χ4v) is 5.95. The molecule has 0 aromatic rings. The number of hydrogen-bond donors (Lipinski definition) is 0. The molecule has 0 amide bonds. The van der Waals surface area contributed by atoms with Gasteiger partial charge in [0.05, 0.1) is 0 Å². The second-order valence-corrected chi connectivity index (χ2v) is 15.5. The van der Waals surface area contributed by atoms with Gasteiger partial charge in [-0.05, 0) is 77.0 Å². The van der Waals surface area contributed by atoms with Gasteiger partial charge in [-0.1, -0.05) is 224 Å². The van der Waals surface area contributed by atoms with Crippen LogP contribution in [-0.2, 0) is 28.6 Å². The number of rotatable bonds is 41. The molecular formula is C57H86O6. The summed E-state index contributed by atoms with van der Waals surface area (Å²) in [5.41, 5.74) is 0. The Kier molecular flexibility index (Phi) is 46.2. The molecule has 0 spiro atoms. The lowest BCUT2D eigenvalue weighted by Gasteiger charge is -2.18. The van der Waals surface area contributed by atoms with Crippen molar-refractivity contribution in [2.24, 2.45) is 0 Å². The average Bonchev–Trinajstić information content (AvgIpc) is 3.28. The number of ether oxygens (including phenoxy) is 3. The SMILES string of the molecule is CC/C=C/C=C/C=C/C=C/C=C/CCCC(=O)OCC(COC(=O)CCCCCCC/C=C/C=C/C=C/C=C/C=C/CCC)OC(=O)CCCCCCCCC/C=C/C/C=C/CC. The molecule has 0 aromatic heterocycles. The first-order valence-electron chi connectivity index (χ1n) is 24.5. The summed E-state index contributed by atoms with van der Waals surface area (Å²) in [6, 6.07) is 0. The minimum atomic E-state index is -0.828. The maximum absolute atomic E-state index is 12.8. The number of hydrogen-bond acceptors (Lipinski definition) is 6. The average molecular weight is 867 g/mol. The molecule has 1 atom stereocenters. The van der Waals surface area contributed by atoms with Gasteiger partial charge in [0.15, 0.2) is 6.10 Å². The van der Waals surface area contributed by atoms with Crippen molar-refractivity contribution in [1.29, 1.82) is 0 Å². The van der Waals surface area contributed by atoms with Crippen molar-refractivity contribution in [3.05, 3.63) is 146 Å². The van der Waals surface area contributed by atoms with Crippen LogP contribution >= 0.6 is 0 Å². The number of esters is 3. The summed E-state index contributed by atoms with van der Waals surface area (Å²) < 4.78 is 16.7. The van der Waals surface area contributed by atoms with Gasteiger partial charge in [0.25, 0.3) is 0 Å². The van der Waals surface area contributed by atoms with E-state index in [-0.39, 0.29) is 37.5 Å². The van der Waals surface area contributed by atoms with Crippen molar-refractivity contribution in [3.8, 4) is 0 Å². The highest BCUT2D eigenvalue weighted by Crippen LogP contribution is 2.13. The van der Waals surface area contributed by atoms with Crippen molar-refractivity contribution >= 4 is 17.9 Å². The Balaban J connectivity index is 4.58. The van der Waals surface area contributed by atoms with E-state index in [9.17, 15) is 14.4 Å². The zero-order valence-corrected chi connectivity index (χ0v) is 39.8. The molecule has 0 N–H and O–H groups in total. The highest BCUT2D eigenvalue weighted by molar-refractivity contribution is 5.71. The summed E-state index contributed by atoms with van der Waals surface area (Å²) in [6.07, 6.45) is 71.1. The standard InChI is InChI=1S/C57H86O6/c1-4-7-10-13-16-19-22-25-27-28-29-30-33-35-38-41-44-47-50-56(59)62-53-54(52-61-55(58)49-46-43-40-37-34-31-24-21-18-15-12-9-6-3)63-57(60)51-48-45-42-39-36-32-26-23-20-17-14-11-8-5-2/h8-13,15-22,24-25,27-31,34,37,40,54H,4-7,14,23,26,32-33,35-36,38-39,41-53H2,1-3H3/b11-8+,12-9+,13-10+,18-15+,19-16+,20-17+,24-21+,25-22+,28-27+,30-29+,34-31+,40-37+. The number of unbranched alkanes of at least 4 members (excludes halogenated alkanes) is 14. The van der Waals surface area contributed by atoms with E-state index < -0.39 is 6.10 Å². The van der Waals surface area contributed by atoms with Crippen LogP contribution in [0.4, 0.5) is 0 Å². The smallest absolute Gasteiger partial charge is 0.306 e. The normalized spacial score (nSPS) is 13.4. The fraction of sp³-hybridized carbons (Fsp3) is 0.526. The zero-order chi connectivity index (χ0) is 45.8. The van der Waals surface area contributed by atoms with Gasteiger partial charge in [-0.2, -0.15) is 0 Å². The minimum Gasteiger partial charge on any atom is -0.462 e. The van der Waals surface area contributed by atoms with E-state index in [2.05, 4.69) is 75.5 Å². The molecule has 63 heavy (non-hydrogen) atoms. The van der Waals surface area contributed by atoms with E-state index in [1.807, 2.05) is 91.1 Å². The molecule has 0 saturated heterocycles. The molecular weight excluding hydrogens is 781 g/mol. The van der Waals surface area contributed by atoms with Gasteiger partial charge in [-0.25, -0.2) is 0 Å². The van der Waals surface area contributed by atoms with Gasteiger partial charge in [-0.15, -0.1) is 0 Å². The summed E-state index contributed by atoms with van der Waals surface area (Å²) >= 11 is 0. The summed E-state index contributed by atoms with van der Waals surface area (Å²) in [7, 11) is 0. The number of carbonyl (C=O) groups excluding carboxylic acids is 3. The van der Waals surface area contributed by atoms with Crippen LogP contribution in [-0.4, -0.2) is 37.2 Å². The van der Waals surface area contributed by atoms with Crippen LogP contribution in [0.2, 0.25) is 0 Å². The monoisotopic (exact) mass is 867 g/mol. The van der Waals surface area contributed by atoms with Crippen LogP contribution in [0.3, 0.4) is 0 Å². The molecule has 0 heterocycles. The van der Waals surface area contributed by atoms with Gasteiger partial charge in [0.2, 0.25) is 0 Å². The molecule has 0 fully saturated rings. The predicted molar refractivity (Wildman–Crippen MR) is 269 cm³/mol. The lowest BCUT2D eigenvalue weighted by molar-refractivity contribution is -0.167. The van der Waals surface area contributed by atoms with Crippen molar-refractivity contribution in [2.45, 2.75) is 181 Å². The maximum Gasteiger partial charge on any atom is 0.306 e. The third-order valence-electron chi connectivity index (χ3n) is 9.55. The number of allylic oxidation sites excluding steroid dienone is 24. The molecule has 6 nitrogen and oxygen atoms in total. The van der Waals surface area contributed by atoms with Gasteiger partial charge >= 0.3 is 17.9 Å². The molecule has 0 bridgehead atoms. The van der Waals surface area contributed by atoms with E-state index in [4.69, 9.17) is 14.2 Å². The molecule has 0 radical (unpaired) electrons. The van der Waals surface area contributed by atoms with Crippen LogP contribution in [0.15, 0.2) is 146 Å². The van der Waals surface area contributed by atoms with Crippen molar-refractivity contribution in [2.75, 3.05) is 13.2 Å². The highest BCUT2D eigenvalue weighted by atomic mass is 16.6. The Morgan fingerprint density at radius 2 is 0.714 bits per heavy atom. The van der Waals surface area contributed by atoms with Crippen molar-refractivity contribution in [1.82, 2.24) is 0 Å². The summed E-state index contributed by atoms with van der Waals surface area (Å²) in [5, 5.41) is 0. The predicted octanol–water partition coefficient (Wildman–Crippen LogP) is 16.1. The summed E-state index contributed by atoms with van der Waals surface area (Å²) in [5.74, 6) is -1.05. The maximum atomic E-state index is 12.8. The first-order valence-corrected chi connectivity index (χ1v) is 24.5. The van der Waals surface area contributed by atoms with Crippen molar-refractivity contribution in [3.63, 3.8) is 0 Å². The first-order chi connectivity index (χ1) is 31.0. The van der Waals surface area contributed by atoms with E-state index in [1.165, 1.54) is 25.7 Å². The molecule has 0 aliphatic heterocycles. The van der Waals surface area contributed by atoms with Crippen LogP contribution in [0.5, 0.6) is 0 Å². The van der Waals surface area contributed by atoms with Gasteiger partial charge in [0.1, 0.15) is 13.2 Å². The zero-order valence-electron chi connectivity index (χ0n) is 39.8. The quantitative estimate of drug-likeness (QED) is 0.0200. The second-order valence-electron chi connectivity index (χ2n) is 15.5. The van der Waals surface area contributed by atoms with Crippen molar-refractivity contribution < 1.29 is 28.6 Å². The molecule has 0 aromatic carbocycles. The molecule has 350 valence electrons. The molecule has 1 unspecified atom stereocenters. The Morgan fingerprint density at radius 3 is 1.21 bits per heavy atom. The van der Waals surface area contributed by atoms with Gasteiger partial charge in [0, 0.05) is 19.3 Å². The van der Waals surface area contributed by atoms with Gasteiger partial charge < -0.3 is 14.2 Å². The third-order valence-corrected chi connectivity index (χ3v) is 9.55. The summed E-state index contributed by atoms with van der Waals surface area (Å²) in [4.78, 5) is 37.9. The van der Waals surface area contributed by atoms with Crippen LogP contribution in [0.1, 0.15) is 175 Å². The Bertz CT molecular complexity index is 1460. The lowest BCUT2D eigenvalue weighted by Crippen LogP contribution is -2.30. The van der Waals surface area contributed by atoms with Crippen LogP contribution in [0, 0.1) is 0 Å². The minimum absolute atomic E-state index is 0.124. The van der Waals surface area contributed by atoms with Crippen LogP contribution < -0.4 is 0 Å².